The van der Waals surface area contributed by atoms with Crippen LogP contribution < -0.4 is 10.2 Å². The summed E-state index contributed by atoms with van der Waals surface area (Å²) in [4.78, 5) is 32.4. The van der Waals surface area contributed by atoms with E-state index in [1.165, 1.54) is 23.9 Å². The number of carbonyl (C=O) groups is 2. The summed E-state index contributed by atoms with van der Waals surface area (Å²) in [6.45, 7) is 0.562. The molecule has 0 fully saturated rings. The Hall–Kier alpha value is -3.19. The van der Waals surface area contributed by atoms with Gasteiger partial charge in [-0.3, -0.25) is 9.59 Å². The van der Waals surface area contributed by atoms with Gasteiger partial charge >= 0.3 is 0 Å². The molecule has 0 atom stereocenters. The largest absolute Gasteiger partial charge is 0.352 e. The molecule has 0 unspecified atom stereocenters. The zero-order valence-electron chi connectivity index (χ0n) is 15.5. The molecule has 0 aliphatic carbocycles. The Morgan fingerprint density at radius 2 is 1.86 bits per heavy atom. The molecule has 5 nitrogen and oxygen atoms in total. The number of aromatic nitrogens is 1. The van der Waals surface area contributed by atoms with E-state index in [2.05, 4.69) is 10.3 Å². The Balaban J connectivity index is 1.47. The highest BCUT2D eigenvalue weighted by Gasteiger charge is 2.27. The molecule has 0 saturated heterocycles. The maximum atomic E-state index is 13.1. The zero-order valence-corrected chi connectivity index (χ0v) is 16.3. The number of anilines is 1. The van der Waals surface area contributed by atoms with E-state index in [-0.39, 0.29) is 30.6 Å². The lowest BCUT2D eigenvalue weighted by molar-refractivity contribution is -0.121. The molecule has 0 spiro atoms. The fourth-order valence-electron chi connectivity index (χ4n) is 3.09. The molecule has 1 aliphatic rings. The van der Waals surface area contributed by atoms with Gasteiger partial charge in [0.1, 0.15) is 10.8 Å². The second-order valence-electron chi connectivity index (χ2n) is 6.54. The summed E-state index contributed by atoms with van der Waals surface area (Å²) < 4.78 is 13.0. The van der Waals surface area contributed by atoms with Crippen LogP contribution in [-0.2, 0) is 11.3 Å². The van der Waals surface area contributed by atoms with Crippen molar-refractivity contribution in [2.45, 2.75) is 22.9 Å². The van der Waals surface area contributed by atoms with E-state index in [0.717, 1.165) is 16.1 Å². The van der Waals surface area contributed by atoms with Crippen LogP contribution in [0.3, 0.4) is 0 Å². The van der Waals surface area contributed by atoms with Crippen molar-refractivity contribution in [2.24, 2.45) is 0 Å². The molecule has 7 heteroatoms. The van der Waals surface area contributed by atoms with E-state index >= 15 is 0 Å². The first kappa shape index (κ1) is 19.1. The van der Waals surface area contributed by atoms with Crippen molar-refractivity contribution in [3.63, 3.8) is 0 Å². The molecule has 0 saturated carbocycles. The molecule has 29 heavy (non-hydrogen) atoms. The van der Waals surface area contributed by atoms with E-state index in [1.54, 1.807) is 35.4 Å². The molecule has 146 valence electrons. The summed E-state index contributed by atoms with van der Waals surface area (Å²) in [6.07, 6.45) is 1.82. The lowest BCUT2D eigenvalue weighted by atomic mass is 10.2. The van der Waals surface area contributed by atoms with E-state index in [4.69, 9.17) is 0 Å². The minimum atomic E-state index is -0.314. The number of nitrogens with one attached hydrogen (secondary N) is 1. The number of nitrogens with zero attached hydrogens (tertiary/aromatic N) is 2. The van der Waals surface area contributed by atoms with Crippen molar-refractivity contribution in [1.82, 2.24) is 10.3 Å². The molecule has 2 aromatic carbocycles. The van der Waals surface area contributed by atoms with Crippen molar-refractivity contribution in [3.05, 3.63) is 83.8 Å². The summed E-state index contributed by atoms with van der Waals surface area (Å²) in [5.74, 6) is -0.661. The predicted octanol–water partition coefficient (Wildman–Crippen LogP) is 4.04. The summed E-state index contributed by atoms with van der Waals surface area (Å²) in [5.41, 5.74) is 2.11. The SMILES string of the molecule is O=C(CCN1C(=O)c2cccnc2Sc2ccccc21)NCc1ccc(F)cc1. The molecular weight excluding hydrogens is 389 g/mol. The van der Waals surface area contributed by atoms with Gasteiger partial charge in [-0.05, 0) is 42.0 Å². The highest BCUT2D eigenvalue weighted by molar-refractivity contribution is 7.99. The van der Waals surface area contributed by atoms with E-state index < -0.39 is 0 Å². The van der Waals surface area contributed by atoms with Crippen LogP contribution in [0, 0.1) is 5.82 Å². The first-order chi connectivity index (χ1) is 14.1. The van der Waals surface area contributed by atoms with Gasteiger partial charge in [0.25, 0.3) is 5.91 Å². The molecule has 1 N–H and O–H groups in total. The average molecular weight is 407 g/mol. The predicted molar refractivity (Wildman–Crippen MR) is 109 cm³/mol. The lowest BCUT2D eigenvalue weighted by Gasteiger charge is -2.22. The third-order valence-corrected chi connectivity index (χ3v) is 5.66. The maximum absolute atomic E-state index is 13.1. The number of benzene rings is 2. The van der Waals surface area contributed by atoms with Gasteiger partial charge in [0.15, 0.2) is 0 Å². The fraction of sp³-hybridized carbons (Fsp3) is 0.136. The molecule has 1 aliphatic heterocycles. The molecule has 2 heterocycles. The average Bonchev–Trinajstić information content (AvgIpc) is 2.86. The Kier molecular flexibility index (Phi) is 5.57. The molecule has 1 aromatic heterocycles. The number of rotatable bonds is 5. The highest BCUT2D eigenvalue weighted by atomic mass is 32.2. The molecular formula is C22H18FN3O2S. The van der Waals surface area contributed by atoms with Gasteiger partial charge in [-0.2, -0.15) is 0 Å². The lowest BCUT2D eigenvalue weighted by Crippen LogP contribution is -2.35. The van der Waals surface area contributed by atoms with Gasteiger partial charge in [0.2, 0.25) is 5.91 Å². The van der Waals surface area contributed by atoms with Crippen LogP contribution in [0.4, 0.5) is 10.1 Å². The van der Waals surface area contributed by atoms with Gasteiger partial charge < -0.3 is 10.2 Å². The molecule has 3 aromatic rings. The second kappa shape index (κ2) is 8.45. The molecule has 4 rings (SSSR count). The van der Waals surface area contributed by atoms with Crippen LogP contribution in [0.2, 0.25) is 0 Å². The quantitative estimate of drug-likeness (QED) is 0.693. The number of para-hydroxylation sites is 1. The van der Waals surface area contributed by atoms with Crippen LogP contribution in [0.1, 0.15) is 22.3 Å². The summed E-state index contributed by atoms with van der Waals surface area (Å²) in [5, 5.41) is 3.48. The van der Waals surface area contributed by atoms with Gasteiger partial charge in [-0.25, -0.2) is 9.37 Å². The number of amides is 2. The minimum absolute atomic E-state index is 0.154. The summed E-state index contributed by atoms with van der Waals surface area (Å²) in [7, 11) is 0. The van der Waals surface area contributed by atoms with E-state index in [0.29, 0.717) is 17.1 Å². The Bertz CT molecular complexity index is 1060. The Labute approximate surface area is 172 Å². The molecule has 0 radical (unpaired) electrons. The second-order valence-corrected chi connectivity index (χ2v) is 7.57. The van der Waals surface area contributed by atoms with Crippen LogP contribution in [-0.4, -0.2) is 23.3 Å². The van der Waals surface area contributed by atoms with Gasteiger partial charge in [0.05, 0.1) is 11.3 Å². The number of fused-ring (bicyclic) bond motifs is 2. The summed E-state index contributed by atoms with van der Waals surface area (Å²) >= 11 is 1.45. The minimum Gasteiger partial charge on any atom is -0.352 e. The third kappa shape index (κ3) is 4.30. The normalized spacial score (nSPS) is 12.7. The number of halogens is 1. The van der Waals surface area contributed by atoms with Gasteiger partial charge in [-0.1, -0.05) is 36.0 Å². The van der Waals surface area contributed by atoms with Crippen LogP contribution in [0.25, 0.3) is 0 Å². The number of hydrogen-bond donors (Lipinski definition) is 1. The van der Waals surface area contributed by atoms with E-state index in [1.807, 2.05) is 24.3 Å². The number of hydrogen-bond acceptors (Lipinski definition) is 4. The van der Waals surface area contributed by atoms with Crippen molar-refractivity contribution in [2.75, 3.05) is 11.4 Å². The number of carbonyl (C=O) groups excluding carboxylic acids is 2. The Morgan fingerprint density at radius 1 is 1.07 bits per heavy atom. The standard InChI is InChI=1S/C22H18FN3O2S/c23-16-9-7-15(8-10-16)14-25-20(27)11-13-26-18-5-1-2-6-19(18)29-21-17(22(26)28)4-3-12-24-21/h1-10,12H,11,13-14H2,(H,25,27). The van der Waals surface area contributed by atoms with Gasteiger partial charge in [0, 0.05) is 30.6 Å². The van der Waals surface area contributed by atoms with Crippen LogP contribution in [0.15, 0.2) is 76.8 Å². The fourth-order valence-corrected chi connectivity index (χ4v) is 4.10. The molecule has 0 bridgehead atoms. The highest BCUT2D eigenvalue weighted by Crippen LogP contribution is 2.40. The summed E-state index contributed by atoms with van der Waals surface area (Å²) in [6, 6.07) is 17.1. The number of pyridine rings is 1. The zero-order chi connectivity index (χ0) is 20.2. The monoisotopic (exact) mass is 407 g/mol. The first-order valence-corrected chi connectivity index (χ1v) is 9.98. The molecule has 2 amide bonds. The van der Waals surface area contributed by atoms with Crippen molar-refractivity contribution in [3.8, 4) is 0 Å². The van der Waals surface area contributed by atoms with Crippen molar-refractivity contribution >= 4 is 29.3 Å². The topological polar surface area (TPSA) is 62.3 Å². The maximum Gasteiger partial charge on any atom is 0.261 e. The smallest absolute Gasteiger partial charge is 0.261 e. The van der Waals surface area contributed by atoms with Crippen LogP contribution >= 0.6 is 11.8 Å². The van der Waals surface area contributed by atoms with Gasteiger partial charge in [-0.15, -0.1) is 0 Å². The van der Waals surface area contributed by atoms with Crippen molar-refractivity contribution in [1.29, 1.82) is 0 Å². The first-order valence-electron chi connectivity index (χ1n) is 9.17. The van der Waals surface area contributed by atoms with Crippen molar-refractivity contribution < 1.29 is 14.0 Å². The van der Waals surface area contributed by atoms with Crippen LogP contribution in [0.5, 0.6) is 0 Å². The third-order valence-electron chi connectivity index (χ3n) is 4.57. The Morgan fingerprint density at radius 3 is 2.69 bits per heavy atom. The van der Waals surface area contributed by atoms with E-state index in [9.17, 15) is 14.0 Å².